The summed E-state index contributed by atoms with van der Waals surface area (Å²) in [7, 11) is 1.47. The van der Waals surface area contributed by atoms with Crippen molar-refractivity contribution in [1.29, 1.82) is 0 Å². The number of esters is 1. The van der Waals surface area contributed by atoms with Gasteiger partial charge in [-0.25, -0.2) is 0 Å². The highest BCUT2D eigenvalue weighted by molar-refractivity contribution is 5.69. The van der Waals surface area contributed by atoms with E-state index >= 15 is 0 Å². The Morgan fingerprint density at radius 3 is 2.83 bits per heavy atom. The van der Waals surface area contributed by atoms with E-state index < -0.39 is 0 Å². The number of hydrogen-bond donors (Lipinski definition) is 0. The fourth-order valence-corrected chi connectivity index (χ4v) is 4.48. The van der Waals surface area contributed by atoms with Crippen LogP contribution in [0, 0.1) is 5.92 Å². The summed E-state index contributed by atoms with van der Waals surface area (Å²) in [4.78, 5) is 16.8. The van der Waals surface area contributed by atoms with Crippen LogP contribution < -0.4 is 4.74 Å². The monoisotopic (exact) mass is 402 g/mol. The van der Waals surface area contributed by atoms with Gasteiger partial charge in [-0.05, 0) is 31.4 Å². The molecule has 2 aliphatic heterocycles. The zero-order chi connectivity index (χ0) is 20.5. The minimum atomic E-state index is -0.119. The molecule has 2 fully saturated rings. The molecule has 0 bridgehead atoms. The van der Waals surface area contributed by atoms with Gasteiger partial charge in [-0.3, -0.25) is 14.6 Å². The van der Waals surface area contributed by atoms with Crippen LogP contribution in [0.2, 0.25) is 0 Å². The van der Waals surface area contributed by atoms with E-state index in [1.807, 2.05) is 12.1 Å². The van der Waals surface area contributed by atoms with Crippen molar-refractivity contribution in [1.82, 2.24) is 9.80 Å². The maximum Gasteiger partial charge on any atom is 0.305 e. The van der Waals surface area contributed by atoms with Gasteiger partial charge < -0.3 is 14.2 Å². The first-order chi connectivity index (χ1) is 14.2. The van der Waals surface area contributed by atoms with Crippen molar-refractivity contribution in [3.63, 3.8) is 0 Å². The first kappa shape index (κ1) is 21.8. The number of carbonyl (C=O) groups is 1. The highest BCUT2D eigenvalue weighted by Crippen LogP contribution is 2.29. The van der Waals surface area contributed by atoms with Gasteiger partial charge in [0.25, 0.3) is 0 Å². The summed E-state index contributed by atoms with van der Waals surface area (Å²) in [6.45, 7) is 10.7. The lowest BCUT2D eigenvalue weighted by Crippen LogP contribution is -2.53. The Kier molecular flexibility index (Phi) is 8.52. The lowest BCUT2D eigenvalue weighted by molar-refractivity contribution is -0.141. The molecule has 0 aromatic heterocycles. The average Bonchev–Trinajstić information content (AvgIpc) is 2.77. The van der Waals surface area contributed by atoms with Crippen molar-refractivity contribution in [2.45, 2.75) is 31.8 Å². The summed E-state index contributed by atoms with van der Waals surface area (Å²) < 4.78 is 16.3. The SMILES string of the molecule is C=CCOc1ccccc1CN1CC[C@H](N2CCOCC2)[C@H](CCC(=O)OC)C1. The average molecular weight is 403 g/mol. The van der Waals surface area contributed by atoms with E-state index in [0.29, 0.717) is 25.0 Å². The second-order valence-corrected chi connectivity index (χ2v) is 7.82. The van der Waals surface area contributed by atoms with Gasteiger partial charge in [0.1, 0.15) is 12.4 Å². The van der Waals surface area contributed by atoms with Gasteiger partial charge in [0.15, 0.2) is 0 Å². The maximum atomic E-state index is 11.8. The summed E-state index contributed by atoms with van der Waals surface area (Å²) >= 11 is 0. The molecular weight excluding hydrogens is 368 g/mol. The van der Waals surface area contributed by atoms with Crippen molar-refractivity contribution in [2.75, 3.05) is 53.1 Å². The van der Waals surface area contributed by atoms with Crippen LogP contribution in [-0.4, -0.2) is 74.9 Å². The first-order valence-corrected chi connectivity index (χ1v) is 10.6. The van der Waals surface area contributed by atoms with Crippen molar-refractivity contribution >= 4 is 5.97 Å². The zero-order valence-corrected chi connectivity index (χ0v) is 17.6. The van der Waals surface area contributed by atoms with Crippen LogP contribution in [0.3, 0.4) is 0 Å². The summed E-state index contributed by atoms with van der Waals surface area (Å²) in [5.41, 5.74) is 1.20. The molecule has 0 saturated carbocycles. The Morgan fingerprint density at radius 2 is 2.07 bits per heavy atom. The molecule has 3 rings (SSSR count). The van der Waals surface area contributed by atoms with Gasteiger partial charge in [0.2, 0.25) is 0 Å². The molecule has 0 aliphatic carbocycles. The number of methoxy groups -OCH3 is 1. The van der Waals surface area contributed by atoms with Gasteiger partial charge in [-0.2, -0.15) is 0 Å². The molecular formula is C23H34N2O4. The van der Waals surface area contributed by atoms with Crippen molar-refractivity contribution < 1.29 is 19.0 Å². The maximum absolute atomic E-state index is 11.8. The summed E-state index contributed by atoms with van der Waals surface area (Å²) in [6, 6.07) is 8.73. The largest absolute Gasteiger partial charge is 0.489 e. The number of nitrogens with zero attached hydrogens (tertiary/aromatic N) is 2. The Morgan fingerprint density at radius 1 is 1.28 bits per heavy atom. The molecule has 2 aliphatic rings. The van der Waals surface area contributed by atoms with Crippen molar-refractivity contribution in [3.8, 4) is 5.75 Å². The molecule has 2 atom stereocenters. The molecule has 0 spiro atoms. The number of piperidine rings is 1. The van der Waals surface area contributed by atoms with E-state index in [4.69, 9.17) is 14.2 Å². The van der Waals surface area contributed by atoms with Crippen molar-refractivity contribution in [3.05, 3.63) is 42.5 Å². The van der Waals surface area contributed by atoms with Crippen LogP contribution in [0.25, 0.3) is 0 Å². The number of likely N-dealkylation sites (tertiary alicyclic amines) is 1. The van der Waals surface area contributed by atoms with Crippen LogP contribution in [0.5, 0.6) is 5.75 Å². The summed E-state index contributed by atoms with van der Waals surface area (Å²) in [6.07, 6.45) is 4.23. The topological polar surface area (TPSA) is 51.2 Å². The lowest BCUT2D eigenvalue weighted by Gasteiger charge is -2.45. The van der Waals surface area contributed by atoms with E-state index in [1.54, 1.807) is 6.08 Å². The quantitative estimate of drug-likeness (QED) is 0.468. The first-order valence-electron chi connectivity index (χ1n) is 10.6. The molecule has 29 heavy (non-hydrogen) atoms. The number of para-hydroxylation sites is 1. The van der Waals surface area contributed by atoms with Crippen LogP contribution >= 0.6 is 0 Å². The second kappa shape index (κ2) is 11.3. The Bertz CT molecular complexity index is 660. The van der Waals surface area contributed by atoms with E-state index in [9.17, 15) is 4.79 Å². The van der Waals surface area contributed by atoms with Gasteiger partial charge >= 0.3 is 5.97 Å². The molecule has 0 N–H and O–H groups in total. The Hall–Kier alpha value is -1.89. The number of hydrogen-bond acceptors (Lipinski definition) is 6. The Balaban J connectivity index is 1.65. The standard InChI is InChI=1S/C23H34N2O4/c1-3-14-29-22-7-5-4-6-20(22)18-24-11-10-21(25-12-15-28-16-13-25)19(17-24)8-9-23(26)27-2/h3-7,19,21H,1,8-18H2,2H3/t19-,21+/m1/s1. The number of carbonyl (C=O) groups excluding carboxylic acids is 1. The Labute approximate surface area is 174 Å². The number of benzene rings is 1. The van der Waals surface area contributed by atoms with Crippen LogP contribution in [0.1, 0.15) is 24.8 Å². The molecule has 0 amide bonds. The van der Waals surface area contributed by atoms with Gasteiger partial charge in [0.05, 0.1) is 20.3 Å². The third kappa shape index (κ3) is 6.29. The van der Waals surface area contributed by atoms with E-state index in [2.05, 4.69) is 28.5 Å². The molecule has 160 valence electrons. The molecule has 6 nitrogen and oxygen atoms in total. The molecule has 0 unspecified atom stereocenters. The number of ether oxygens (including phenoxy) is 3. The fraction of sp³-hybridized carbons (Fsp3) is 0.609. The summed E-state index contributed by atoms with van der Waals surface area (Å²) in [5, 5.41) is 0. The number of morpholine rings is 1. The highest BCUT2D eigenvalue weighted by atomic mass is 16.5. The predicted octanol–water partition coefficient (Wildman–Crippen LogP) is 2.73. The fourth-order valence-electron chi connectivity index (χ4n) is 4.48. The number of rotatable bonds is 9. The molecule has 2 saturated heterocycles. The van der Waals surface area contributed by atoms with Crippen LogP contribution in [0.4, 0.5) is 0 Å². The van der Waals surface area contributed by atoms with Crippen LogP contribution in [-0.2, 0) is 20.8 Å². The van der Waals surface area contributed by atoms with Crippen LogP contribution in [0.15, 0.2) is 36.9 Å². The minimum absolute atomic E-state index is 0.119. The van der Waals surface area contributed by atoms with E-state index in [-0.39, 0.29) is 5.97 Å². The molecule has 1 aromatic rings. The van der Waals surface area contributed by atoms with Crippen molar-refractivity contribution in [2.24, 2.45) is 5.92 Å². The third-order valence-corrected chi connectivity index (χ3v) is 5.96. The smallest absolute Gasteiger partial charge is 0.305 e. The van der Waals surface area contributed by atoms with E-state index in [0.717, 1.165) is 64.5 Å². The molecule has 0 radical (unpaired) electrons. The lowest BCUT2D eigenvalue weighted by atomic mass is 9.86. The normalized spacial score (nSPS) is 23.5. The molecule has 2 heterocycles. The molecule has 1 aromatic carbocycles. The second-order valence-electron chi connectivity index (χ2n) is 7.82. The molecule has 6 heteroatoms. The van der Waals surface area contributed by atoms with Gasteiger partial charge in [0, 0.05) is 44.2 Å². The predicted molar refractivity (Wildman–Crippen MR) is 113 cm³/mol. The third-order valence-electron chi connectivity index (χ3n) is 5.96. The zero-order valence-electron chi connectivity index (χ0n) is 17.6. The van der Waals surface area contributed by atoms with Gasteiger partial charge in [-0.1, -0.05) is 30.9 Å². The van der Waals surface area contributed by atoms with Gasteiger partial charge in [-0.15, -0.1) is 0 Å². The minimum Gasteiger partial charge on any atom is -0.489 e. The summed E-state index contributed by atoms with van der Waals surface area (Å²) in [5.74, 6) is 1.25. The van der Waals surface area contributed by atoms with E-state index in [1.165, 1.54) is 12.7 Å². The highest BCUT2D eigenvalue weighted by Gasteiger charge is 2.34.